The summed E-state index contributed by atoms with van der Waals surface area (Å²) in [5.41, 5.74) is 1.17. The molecule has 152 valence electrons. The number of aromatic nitrogens is 4. The van der Waals surface area contributed by atoms with Gasteiger partial charge in [-0.05, 0) is 32.9 Å². The molecule has 1 unspecified atom stereocenters. The highest BCUT2D eigenvalue weighted by molar-refractivity contribution is 7.53. The van der Waals surface area contributed by atoms with E-state index in [0.29, 0.717) is 16.9 Å². The molecule has 0 saturated heterocycles. The molecule has 0 saturated carbocycles. The molecule has 0 aromatic carbocycles. The second kappa shape index (κ2) is 7.65. The Morgan fingerprint density at radius 3 is 2.68 bits per heavy atom. The monoisotopic (exact) mass is 418 g/mol. The number of nitrogens with zero attached hydrogens (tertiary/aromatic N) is 4. The molecule has 0 spiro atoms. The van der Waals surface area contributed by atoms with Gasteiger partial charge < -0.3 is 18.0 Å². The van der Waals surface area contributed by atoms with Crippen molar-refractivity contribution in [3.05, 3.63) is 36.1 Å². The van der Waals surface area contributed by atoms with Gasteiger partial charge in [0.05, 0.1) is 24.6 Å². The molecule has 3 aromatic heterocycles. The molecule has 0 amide bonds. The highest BCUT2D eigenvalue weighted by Gasteiger charge is 2.38. The number of hydrogen-bond donors (Lipinski definition) is 0. The van der Waals surface area contributed by atoms with E-state index in [2.05, 4.69) is 19.6 Å². The number of alkyl halides is 3. The normalized spacial score (nSPS) is 14.7. The van der Waals surface area contributed by atoms with Crippen molar-refractivity contribution in [3.63, 3.8) is 0 Å². The Kier molecular flexibility index (Phi) is 5.60. The molecule has 0 aliphatic carbocycles. The minimum absolute atomic E-state index is 0.0313. The van der Waals surface area contributed by atoms with Gasteiger partial charge in [-0.2, -0.15) is 18.2 Å². The van der Waals surface area contributed by atoms with Gasteiger partial charge in [-0.1, -0.05) is 5.16 Å². The van der Waals surface area contributed by atoms with Crippen LogP contribution in [0.15, 0.2) is 29.0 Å². The van der Waals surface area contributed by atoms with Crippen LogP contribution in [0.5, 0.6) is 0 Å². The lowest BCUT2D eigenvalue weighted by atomic mass is 10.2. The van der Waals surface area contributed by atoms with Crippen molar-refractivity contribution in [3.8, 4) is 11.4 Å². The van der Waals surface area contributed by atoms with Gasteiger partial charge in [0.25, 0.3) is 0 Å². The highest BCUT2D eigenvalue weighted by Crippen LogP contribution is 2.52. The largest absolute Gasteiger partial charge is 0.471 e. The van der Waals surface area contributed by atoms with E-state index < -0.39 is 19.7 Å². The summed E-state index contributed by atoms with van der Waals surface area (Å²) in [6.45, 7) is 5.44. The Morgan fingerprint density at radius 2 is 2.07 bits per heavy atom. The fourth-order valence-electron chi connectivity index (χ4n) is 2.54. The first-order valence-corrected chi connectivity index (χ1v) is 10.1. The maximum Gasteiger partial charge on any atom is 0.471 e. The van der Waals surface area contributed by atoms with Gasteiger partial charge in [0, 0.05) is 18.0 Å². The quantitative estimate of drug-likeness (QED) is 0.520. The van der Waals surface area contributed by atoms with Crippen LogP contribution in [-0.2, 0) is 26.0 Å². The molecule has 0 aliphatic heterocycles. The maximum atomic E-state index is 12.8. The highest BCUT2D eigenvalue weighted by atomic mass is 31.2. The SMILES string of the molecule is CCOP(=O)(Cc1cn2ccc(-c3noc(C(F)(F)F)n3)cc2n1)OC(C)C. The van der Waals surface area contributed by atoms with Crippen LogP contribution in [-0.4, -0.2) is 32.2 Å². The lowest BCUT2D eigenvalue weighted by molar-refractivity contribution is -0.159. The van der Waals surface area contributed by atoms with Crippen molar-refractivity contribution in [1.29, 1.82) is 0 Å². The second-order valence-corrected chi connectivity index (χ2v) is 8.18. The Morgan fingerprint density at radius 1 is 1.32 bits per heavy atom. The van der Waals surface area contributed by atoms with Gasteiger partial charge in [0.1, 0.15) is 5.65 Å². The number of imidazole rings is 1. The predicted octanol–water partition coefficient (Wildman–Crippen LogP) is 4.56. The molecule has 28 heavy (non-hydrogen) atoms. The van der Waals surface area contributed by atoms with Crippen LogP contribution in [0.2, 0.25) is 0 Å². The van der Waals surface area contributed by atoms with Gasteiger partial charge >= 0.3 is 19.7 Å². The molecular weight excluding hydrogens is 400 g/mol. The Balaban J connectivity index is 1.88. The molecule has 0 N–H and O–H groups in total. The molecule has 0 bridgehead atoms. The summed E-state index contributed by atoms with van der Waals surface area (Å²) in [6, 6.07) is 3.03. The third-order valence-electron chi connectivity index (χ3n) is 3.49. The summed E-state index contributed by atoms with van der Waals surface area (Å²) in [6.07, 6.45) is -1.81. The lowest BCUT2D eigenvalue weighted by Crippen LogP contribution is -2.05. The second-order valence-electron chi connectivity index (χ2n) is 6.17. The van der Waals surface area contributed by atoms with Crippen LogP contribution < -0.4 is 0 Å². The summed E-state index contributed by atoms with van der Waals surface area (Å²) >= 11 is 0. The van der Waals surface area contributed by atoms with Crippen molar-refractivity contribution in [1.82, 2.24) is 19.5 Å². The van der Waals surface area contributed by atoms with Crippen LogP contribution >= 0.6 is 7.60 Å². The van der Waals surface area contributed by atoms with E-state index in [9.17, 15) is 17.7 Å². The first kappa shape index (κ1) is 20.5. The topological polar surface area (TPSA) is 91.8 Å². The molecule has 0 fully saturated rings. The number of hydrogen-bond acceptors (Lipinski definition) is 7. The van der Waals surface area contributed by atoms with Crippen molar-refractivity contribution < 1.29 is 31.3 Å². The van der Waals surface area contributed by atoms with Crippen molar-refractivity contribution in [2.45, 2.75) is 39.2 Å². The van der Waals surface area contributed by atoms with E-state index in [0.717, 1.165) is 0 Å². The van der Waals surface area contributed by atoms with Crippen LogP contribution in [0.1, 0.15) is 32.4 Å². The fraction of sp³-hybridized carbons (Fsp3) is 0.438. The Labute approximate surface area is 158 Å². The zero-order chi connectivity index (χ0) is 20.5. The van der Waals surface area contributed by atoms with Gasteiger partial charge in [-0.15, -0.1) is 0 Å². The number of pyridine rings is 1. The number of fused-ring (bicyclic) bond motifs is 1. The molecule has 3 rings (SSSR count). The van der Waals surface area contributed by atoms with Gasteiger partial charge in [0.2, 0.25) is 5.82 Å². The van der Waals surface area contributed by atoms with Crippen molar-refractivity contribution >= 4 is 13.2 Å². The van der Waals surface area contributed by atoms with Crippen LogP contribution in [0.3, 0.4) is 0 Å². The summed E-state index contributed by atoms with van der Waals surface area (Å²) < 4.78 is 67.3. The van der Waals surface area contributed by atoms with Crippen LogP contribution in [0.4, 0.5) is 13.2 Å². The Bertz CT molecular complexity index is 1010. The molecule has 3 aromatic rings. The molecule has 1 atom stereocenters. The summed E-state index contributed by atoms with van der Waals surface area (Å²) in [5, 5.41) is 3.36. The minimum atomic E-state index is -4.72. The average molecular weight is 418 g/mol. The van der Waals surface area contributed by atoms with Crippen LogP contribution in [0, 0.1) is 0 Å². The van der Waals surface area contributed by atoms with Crippen LogP contribution in [0.25, 0.3) is 17.0 Å². The summed E-state index contributed by atoms with van der Waals surface area (Å²) in [4.78, 5) is 7.71. The fourth-order valence-corrected chi connectivity index (χ4v) is 4.35. The van der Waals surface area contributed by atoms with E-state index in [1.165, 1.54) is 12.1 Å². The summed E-state index contributed by atoms with van der Waals surface area (Å²) in [7, 11) is -3.38. The third-order valence-corrected chi connectivity index (χ3v) is 5.60. The van der Waals surface area contributed by atoms with Crippen molar-refractivity contribution in [2.24, 2.45) is 0 Å². The maximum absolute atomic E-state index is 12.8. The molecule has 12 heteroatoms. The molecule has 0 aliphatic rings. The molecule has 0 radical (unpaired) electrons. The smallest absolute Gasteiger partial charge is 0.329 e. The number of halogens is 3. The first-order valence-electron chi connectivity index (χ1n) is 8.40. The van der Waals surface area contributed by atoms with Gasteiger partial charge in [-0.3, -0.25) is 4.57 Å². The van der Waals surface area contributed by atoms with E-state index in [1.807, 2.05) is 0 Å². The van der Waals surface area contributed by atoms with E-state index in [4.69, 9.17) is 9.05 Å². The minimum Gasteiger partial charge on any atom is -0.329 e. The predicted molar refractivity (Wildman–Crippen MR) is 92.6 cm³/mol. The molecule has 3 heterocycles. The Hall–Kier alpha value is -2.23. The van der Waals surface area contributed by atoms with Gasteiger partial charge in [0.15, 0.2) is 0 Å². The zero-order valence-electron chi connectivity index (χ0n) is 15.3. The molecule has 8 nitrogen and oxygen atoms in total. The van der Waals surface area contributed by atoms with E-state index in [-0.39, 0.29) is 24.7 Å². The first-order chi connectivity index (χ1) is 13.1. The average Bonchev–Trinajstić information content (AvgIpc) is 3.19. The van der Waals surface area contributed by atoms with Crippen molar-refractivity contribution in [2.75, 3.05) is 6.61 Å². The third kappa shape index (κ3) is 4.60. The van der Waals surface area contributed by atoms with E-state index in [1.54, 1.807) is 37.6 Å². The number of rotatable bonds is 7. The van der Waals surface area contributed by atoms with Gasteiger partial charge in [-0.25, -0.2) is 4.98 Å². The zero-order valence-corrected chi connectivity index (χ0v) is 16.2. The standard InChI is InChI=1S/C16H18F3N4O4P/c1-4-25-28(24,27-10(2)3)9-12-8-23-6-5-11(7-13(23)20-12)14-21-15(26-22-14)16(17,18)19/h5-8,10H,4,9H2,1-3H3. The van der Waals surface area contributed by atoms with E-state index >= 15 is 0 Å². The summed E-state index contributed by atoms with van der Waals surface area (Å²) in [5.74, 6) is -1.63. The lowest BCUT2D eigenvalue weighted by Gasteiger charge is -2.19. The molecular formula is C16H18F3N4O4P.